The maximum Gasteiger partial charge on any atom is 0.243 e. The fourth-order valence-electron chi connectivity index (χ4n) is 2.83. The van der Waals surface area contributed by atoms with E-state index in [0.717, 1.165) is 9.87 Å². The van der Waals surface area contributed by atoms with Crippen molar-refractivity contribution < 1.29 is 13.2 Å². The van der Waals surface area contributed by atoms with Gasteiger partial charge in [0.25, 0.3) is 0 Å². The average Bonchev–Trinajstić information content (AvgIpc) is 2.74. The molecule has 3 rings (SSSR count). The van der Waals surface area contributed by atoms with Gasteiger partial charge in [0.15, 0.2) is 0 Å². The third-order valence-electron chi connectivity index (χ3n) is 4.53. The van der Waals surface area contributed by atoms with E-state index in [1.165, 1.54) is 18.2 Å². The molecule has 31 heavy (non-hydrogen) atoms. The van der Waals surface area contributed by atoms with Crippen molar-refractivity contribution in [1.82, 2.24) is 14.6 Å². The lowest BCUT2D eigenvalue weighted by molar-refractivity contribution is -0.121. The van der Waals surface area contributed by atoms with Crippen molar-refractivity contribution in [3.8, 4) is 0 Å². The number of halogens is 2. The number of nitrogens with one attached hydrogen (secondary N) is 1. The first-order valence-electron chi connectivity index (χ1n) is 9.43. The van der Waals surface area contributed by atoms with Gasteiger partial charge in [-0.1, -0.05) is 53.0 Å². The molecule has 1 amide bonds. The van der Waals surface area contributed by atoms with Gasteiger partial charge >= 0.3 is 0 Å². The van der Waals surface area contributed by atoms with Crippen LogP contribution in [0.5, 0.6) is 0 Å². The average molecular weight is 478 g/mol. The number of rotatable bonds is 8. The second-order valence-corrected chi connectivity index (χ2v) is 9.70. The van der Waals surface area contributed by atoms with E-state index in [1.807, 2.05) is 13.0 Å². The summed E-state index contributed by atoms with van der Waals surface area (Å²) in [5.41, 5.74) is 2.14. The summed E-state index contributed by atoms with van der Waals surface area (Å²) in [5, 5.41) is 3.47. The molecule has 162 valence electrons. The molecular formula is C22H21Cl2N3O3S. The normalized spacial score (nSPS) is 11.5. The molecule has 0 bridgehead atoms. The van der Waals surface area contributed by atoms with Crippen molar-refractivity contribution in [1.29, 1.82) is 0 Å². The number of amides is 1. The Balaban J connectivity index is 1.84. The van der Waals surface area contributed by atoms with Crippen LogP contribution in [0.2, 0.25) is 10.0 Å². The smallest absolute Gasteiger partial charge is 0.243 e. The molecule has 0 atom stereocenters. The molecule has 1 heterocycles. The first kappa shape index (κ1) is 23.2. The molecule has 0 aliphatic carbocycles. The van der Waals surface area contributed by atoms with Crippen molar-refractivity contribution in [3.63, 3.8) is 0 Å². The molecule has 0 radical (unpaired) electrons. The number of benzene rings is 2. The molecule has 0 saturated heterocycles. The van der Waals surface area contributed by atoms with Crippen molar-refractivity contribution in [2.75, 3.05) is 6.54 Å². The van der Waals surface area contributed by atoms with Crippen LogP contribution in [-0.2, 0) is 27.9 Å². The Morgan fingerprint density at radius 2 is 1.81 bits per heavy atom. The number of carbonyl (C=O) groups excluding carboxylic acids is 1. The molecule has 3 aromatic rings. The summed E-state index contributed by atoms with van der Waals surface area (Å²) >= 11 is 12.2. The molecule has 1 aromatic heterocycles. The van der Waals surface area contributed by atoms with Gasteiger partial charge in [0.2, 0.25) is 15.9 Å². The molecular weight excluding hydrogens is 457 g/mol. The molecule has 2 aromatic carbocycles. The molecule has 0 fully saturated rings. The minimum absolute atomic E-state index is 0.0801. The van der Waals surface area contributed by atoms with Gasteiger partial charge in [-0.15, -0.1) is 0 Å². The molecule has 0 aliphatic heterocycles. The van der Waals surface area contributed by atoms with E-state index in [9.17, 15) is 13.2 Å². The summed E-state index contributed by atoms with van der Waals surface area (Å²) < 4.78 is 27.7. The van der Waals surface area contributed by atoms with Crippen molar-refractivity contribution >= 4 is 39.1 Å². The highest BCUT2D eigenvalue weighted by Gasteiger charge is 2.27. The van der Waals surface area contributed by atoms with E-state index >= 15 is 0 Å². The molecule has 9 heteroatoms. The van der Waals surface area contributed by atoms with Crippen LogP contribution in [0.4, 0.5) is 0 Å². The Kier molecular flexibility index (Phi) is 7.67. The highest BCUT2D eigenvalue weighted by atomic mass is 35.5. The number of aryl methyl sites for hydroxylation is 1. The van der Waals surface area contributed by atoms with E-state index in [1.54, 1.807) is 42.6 Å². The summed E-state index contributed by atoms with van der Waals surface area (Å²) in [6.45, 7) is 1.61. The van der Waals surface area contributed by atoms with Crippen LogP contribution in [0.15, 0.2) is 71.8 Å². The SMILES string of the molecule is Cc1ccc(S(=O)(=O)N(CC(=O)NCc2ccccn2)Cc2ccc(Cl)cc2Cl)cc1. The number of nitrogens with zero attached hydrogens (tertiary/aromatic N) is 2. The molecule has 0 spiro atoms. The minimum atomic E-state index is -3.96. The van der Waals surface area contributed by atoms with Crippen LogP contribution < -0.4 is 5.32 Å². The summed E-state index contributed by atoms with van der Waals surface area (Å²) in [4.78, 5) is 16.8. The van der Waals surface area contributed by atoms with Gasteiger partial charge in [0, 0.05) is 22.8 Å². The molecule has 1 N–H and O–H groups in total. The lowest BCUT2D eigenvalue weighted by Gasteiger charge is -2.22. The van der Waals surface area contributed by atoms with Gasteiger partial charge < -0.3 is 5.32 Å². The Morgan fingerprint density at radius 1 is 1.06 bits per heavy atom. The number of sulfonamides is 1. The predicted octanol–water partition coefficient (Wildman–Crippen LogP) is 4.20. The standard InChI is InChI=1S/C22H21Cl2N3O3S/c1-16-5-9-20(10-6-16)31(29,30)27(14-17-7-8-18(23)12-21(17)24)15-22(28)26-13-19-4-2-3-11-25-19/h2-12H,13-15H2,1H3,(H,26,28). The van der Waals surface area contributed by atoms with E-state index in [2.05, 4.69) is 10.3 Å². The first-order chi connectivity index (χ1) is 14.8. The fourth-order valence-corrected chi connectivity index (χ4v) is 4.68. The molecule has 6 nitrogen and oxygen atoms in total. The molecule has 0 aliphatic rings. The Labute approximate surface area is 191 Å². The van der Waals surface area contributed by atoms with Gasteiger partial charge in [0.05, 0.1) is 23.7 Å². The van der Waals surface area contributed by atoms with Crippen molar-refractivity contribution in [3.05, 3.63) is 93.7 Å². The molecule has 0 saturated carbocycles. The predicted molar refractivity (Wildman–Crippen MR) is 121 cm³/mol. The summed E-state index contributed by atoms with van der Waals surface area (Å²) in [6, 6.07) is 16.6. The highest BCUT2D eigenvalue weighted by Crippen LogP contribution is 2.25. The Morgan fingerprint density at radius 3 is 2.45 bits per heavy atom. The molecule has 0 unspecified atom stereocenters. The van der Waals surface area contributed by atoms with Gasteiger partial charge in [-0.3, -0.25) is 9.78 Å². The Hall–Kier alpha value is -2.45. The zero-order valence-electron chi connectivity index (χ0n) is 16.8. The van der Waals surface area contributed by atoms with Crippen LogP contribution in [0.1, 0.15) is 16.8 Å². The van der Waals surface area contributed by atoms with Crippen molar-refractivity contribution in [2.45, 2.75) is 24.9 Å². The zero-order valence-corrected chi connectivity index (χ0v) is 19.1. The van der Waals surface area contributed by atoms with E-state index < -0.39 is 15.9 Å². The van der Waals surface area contributed by atoms with Crippen molar-refractivity contribution in [2.24, 2.45) is 0 Å². The van der Waals surface area contributed by atoms with E-state index in [4.69, 9.17) is 23.2 Å². The zero-order chi connectivity index (χ0) is 22.4. The minimum Gasteiger partial charge on any atom is -0.349 e. The second-order valence-electron chi connectivity index (χ2n) is 6.92. The lowest BCUT2D eigenvalue weighted by Crippen LogP contribution is -2.40. The number of hydrogen-bond donors (Lipinski definition) is 1. The third-order valence-corrected chi connectivity index (χ3v) is 6.93. The lowest BCUT2D eigenvalue weighted by atomic mass is 10.2. The van der Waals surface area contributed by atoms with E-state index in [0.29, 0.717) is 21.3 Å². The van der Waals surface area contributed by atoms with Crippen LogP contribution >= 0.6 is 23.2 Å². The number of hydrogen-bond acceptors (Lipinski definition) is 4. The maximum absolute atomic E-state index is 13.3. The van der Waals surface area contributed by atoms with Gasteiger partial charge in [-0.05, 0) is 48.9 Å². The summed E-state index contributed by atoms with van der Waals surface area (Å²) in [6.07, 6.45) is 1.62. The largest absolute Gasteiger partial charge is 0.349 e. The Bertz CT molecular complexity index is 1150. The first-order valence-corrected chi connectivity index (χ1v) is 11.6. The van der Waals surface area contributed by atoms with Gasteiger partial charge in [-0.2, -0.15) is 4.31 Å². The number of carbonyl (C=O) groups is 1. The van der Waals surface area contributed by atoms with Crippen LogP contribution in [-0.4, -0.2) is 30.2 Å². The number of aromatic nitrogens is 1. The van der Waals surface area contributed by atoms with Gasteiger partial charge in [0.1, 0.15) is 0 Å². The summed E-state index contributed by atoms with van der Waals surface area (Å²) in [7, 11) is -3.96. The summed E-state index contributed by atoms with van der Waals surface area (Å²) in [5.74, 6) is -0.452. The second kappa shape index (κ2) is 10.2. The maximum atomic E-state index is 13.3. The highest BCUT2D eigenvalue weighted by molar-refractivity contribution is 7.89. The fraction of sp³-hybridized carbons (Fsp3) is 0.182. The number of pyridine rings is 1. The van der Waals surface area contributed by atoms with Crippen LogP contribution in [0.3, 0.4) is 0 Å². The monoisotopic (exact) mass is 477 g/mol. The third kappa shape index (κ3) is 6.27. The van der Waals surface area contributed by atoms with Gasteiger partial charge in [-0.25, -0.2) is 8.42 Å². The quantitative estimate of drug-likeness (QED) is 0.526. The van der Waals surface area contributed by atoms with E-state index in [-0.39, 0.29) is 24.5 Å². The topological polar surface area (TPSA) is 79.4 Å². The van der Waals surface area contributed by atoms with Crippen LogP contribution in [0, 0.1) is 6.92 Å². The van der Waals surface area contributed by atoms with Crippen LogP contribution in [0.25, 0.3) is 0 Å².